The Kier molecular flexibility index (Phi) is 5.79. The zero-order valence-electron chi connectivity index (χ0n) is 13.0. The lowest BCUT2D eigenvalue weighted by Gasteiger charge is -2.21. The molecule has 1 aromatic heterocycles. The van der Waals surface area contributed by atoms with Crippen LogP contribution in [0.5, 0.6) is 0 Å². The summed E-state index contributed by atoms with van der Waals surface area (Å²) >= 11 is 1.50. The number of nitrogens with one attached hydrogen (secondary N) is 2. The van der Waals surface area contributed by atoms with E-state index in [1.54, 1.807) is 0 Å². The molecule has 0 spiro atoms. The zero-order valence-corrected chi connectivity index (χ0v) is 14.6. The summed E-state index contributed by atoms with van der Waals surface area (Å²) in [6, 6.07) is -0.0742. The van der Waals surface area contributed by atoms with Crippen LogP contribution in [0.4, 0.5) is 0 Å². The van der Waals surface area contributed by atoms with Gasteiger partial charge in [-0.1, -0.05) is 0 Å². The summed E-state index contributed by atoms with van der Waals surface area (Å²) < 4.78 is 28.1. The molecule has 2 heterocycles. The Morgan fingerprint density at radius 2 is 2.05 bits per heavy atom. The van der Waals surface area contributed by atoms with Gasteiger partial charge in [0, 0.05) is 24.0 Å². The molecule has 120 valence electrons. The lowest BCUT2D eigenvalue weighted by molar-refractivity contribution is 0.312. The summed E-state index contributed by atoms with van der Waals surface area (Å²) in [5, 5.41) is 4.94. The van der Waals surface area contributed by atoms with Gasteiger partial charge in [0.25, 0.3) is 0 Å². The molecule has 1 atom stereocenters. The fraction of sp³-hybridized carbons (Fsp3) is 0.714. The van der Waals surface area contributed by atoms with Gasteiger partial charge in [-0.15, -0.1) is 11.3 Å². The molecule has 0 aliphatic carbocycles. The predicted octanol–water partition coefficient (Wildman–Crippen LogP) is 1.54. The van der Waals surface area contributed by atoms with Gasteiger partial charge in [-0.3, -0.25) is 0 Å². The number of thiophene rings is 1. The van der Waals surface area contributed by atoms with Crippen molar-refractivity contribution in [2.45, 2.75) is 44.2 Å². The first-order valence-corrected chi connectivity index (χ1v) is 9.76. The molecular weight excluding hydrogens is 306 g/mol. The second-order valence-corrected chi connectivity index (χ2v) is 8.35. The molecule has 1 aromatic rings. The molecule has 0 saturated carbocycles. The maximum Gasteiger partial charge on any atom is 0.242 e. The van der Waals surface area contributed by atoms with Gasteiger partial charge in [-0.25, -0.2) is 13.1 Å². The minimum atomic E-state index is -3.45. The molecule has 1 aliphatic rings. The van der Waals surface area contributed by atoms with E-state index in [9.17, 15) is 8.42 Å². The maximum atomic E-state index is 12.6. The molecule has 2 rings (SSSR count). The van der Waals surface area contributed by atoms with E-state index in [1.165, 1.54) is 24.2 Å². The topological polar surface area (TPSA) is 61.4 Å². The average molecular weight is 332 g/mol. The monoisotopic (exact) mass is 331 g/mol. The summed E-state index contributed by atoms with van der Waals surface area (Å²) in [6.07, 6.45) is 2.44. The molecule has 21 heavy (non-hydrogen) atoms. The number of rotatable bonds is 7. The summed E-state index contributed by atoms with van der Waals surface area (Å²) in [5.41, 5.74) is 0.825. The Bertz CT molecular complexity index is 563. The zero-order chi connectivity index (χ0) is 15.5. The van der Waals surface area contributed by atoms with Crippen molar-refractivity contribution in [2.24, 2.45) is 0 Å². The van der Waals surface area contributed by atoms with Gasteiger partial charge in [0.15, 0.2) is 0 Å². The largest absolute Gasteiger partial charge is 0.315 e. The average Bonchev–Trinajstić information content (AvgIpc) is 2.99. The summed E-state index contributed by atoms with van der Waals surface area (Å²) in [7, 11) is -1.62. The van der Waals surface area contributed by atoms with Gasteiger partial charge in [0.1, 0.15) is 4.90 Å². The van der Waals surface area contributed by atoms with E-state index in [-0.39, 0.29) is 6.04 Å². The van der Waals surface area contributed by atoms with E-state index in [4.69, 9.17) is 0 Å². The highest BCUT2D eigenvalue weighted by Crippen LogP contribution is 2.27. The van der Waals surface area contributed by atoms with Gasteiger partial charge < -0.3 is 10.2 Å². The van der Waals surface area contributed by atoms with Crippen LogP contribution in [0.15, 0.2) is 10.3 Å². The quantitative estimate of drug-likeness (QED) is 0.796. The lowest BCUT2D eigenvalue weighted by Crippen LogP contribution is -2.41. The number of nitrogens with zero attached hydrogens (tertiary/aromatic N) is 1. The summed E-state index contributed by atoms with van der Waals surface area (Å²) in [4.78, 5) is 3.65. The number of likely N-dealkylation sites (tertiary alicyclic amines) is 1. The normalized spacial score (nSPS) is 18.2. The van der Waals surface area contributed by atoms with E-state index >= 15 is 0 Å². The Balaban J connectivity index is 2.08. The Hall–Kier alpha value is -0.470. The Labute approximate surface area is 131 Å². The second-order valence-electron chi connectivity index (χ2n) is 5.73. The van der Waals surface area contributed by atoms with Gasteiger partial charge in [-0.2, -0.15) is 0 Å². The number of hydrogen-bond donors (Lipinski definition) is 2. The molecule has 0 bridgehead atoms. The fourth-order valence-electron chi connectivity index (χ4n) is 2.84. The third-order valence-corrected chi connectivity index (χ3v) is 6.73. The molecule has 1 aliphatic heterocycles. The number of aryl methyl sites for hydroxylation is 1. The van der Waals surface area contributed by atoms with Crippen molar-refractivity contribution in [3.05, 3.63) is 15.8 Å². The minimum absolute atomic E-state index is 0.0742. The predicted molar refractivity (Wildman–Crippen MR) is 87.3 cm³/mol. The molecule has 0 radical (unpaired) electrons. The van der Waals surface area contributed by atoms with Crippen molar-refractivity contribution in [2.75, 3.05) is 26.7 Å². The van der Waals surface area contributed by atoms with Crippen molar-refractivity contribution >= 4 is 21.4 Å². The van der Waals surface area contributed by atoms with Crippen LogP contribution < -0.4 is 10.0 Å². The highest BCUT2D eigenvalue weighted by atomic mass is 32.2. The second kappa shape index (κ2) is 7.19. The van der Waals surface area contributed by atoms with Crippen LogP contribution in [0.1, 0.15) is 30.2 Å². The van der Waals surface area contributed by atoms with Crippen molar-refractivity contribution in [1.29, 1.82) is 0 Å². The van der Waals surface area contributed by atoms with Gasteiger partial charge in [0.2, 0.25) is 10.0 Å². The van der Waals surface area contributed by atoms with Gasteiger partial charge >= 0.3 is 0 Å². The smallest absolute Gasteiger partial charge is 0.242 e. The molecule has 7 heteroatoms. The van der Waals surface area contributed by atoms with Crippen LogP contribution in [0.25, 0.3) is 0 Å². The van der Waals surface area contributed by atoms with Crippen LogP contribution in [0, 0.1) is 6.92 Å². The number of sulfonamides is 1. The van der Waals surface area contributed by atoms with E-state index in [0.717, 1.165) is 30.1 Å². The van der Waals surface area contributed by atoms with E-state index in [1.807, 2.05) is 26.3 Å². The van der Waals surface area contributed by atoms with Crippen LogP contribution in [-0.4, -0.2) is 46.0 Å². The highest BCUT2D eigenvalue weighted by molar-refractivity contribution is 7.89. The summed E-state index contributed by atoms with van der Waals surface area (Å²) in [5.74, 6) is 0. The minimum Gasteiger partial charge on any atom is -0.315 e. The third-order valence-electron chi connectivity index (χ3n) is 3.68. The van der Waals surface area contributed by atoms with Crippen LogP contribution in [-0.2, 0) is 16.6 Å². The summed E-state index contributed by atoms with van der Waals surface area (Å²) in [6.45, 7) is 7.31. The first kappa shape index (κ1) is 16.9. The van der Waals surface area contributed by atoms with Gasteiger partial charge in [-0.05, 0) is 57.8 Å². The van der Waals surface area contributed by atoms with Crippen LogP contribution in [0.2, 0.25) is 0 Å². The van der Waals surface area contributed by atoms with E-state index in [2.05, 4.69) is 14.9 Å². The number of hydrogen-bond acceptors (Lipinski definition) is 5. The third kappa shape index (κ3) is 4.26. The van der Waals surface area contributed by atoms with Crippen molar-refractivity contribution in [3.8, 4) is 0 Å². The fourth-order valence-corrected chi connectivity index (χ4v) is 5.90. The maximum absolute atomic E-state index is 12.6. The molecule has 1 saturated heterocycles. The van der Waals surface area contributed by atoms with Crippen molar-refractivity contribution in [1.82, 2.24) is 14.9 Å². The van der Waals surface area contributed by atoms with Crippen molar-refractivity contribution in [3.63, 3.8) is 0 Å². The molecule has 0 aromatic carbocycles. The van der Waals surface area contributed by atoms with Gasteiger partial charge in [0.05, 0.1) is 0 Å². The molecule has 0 amide bonds. The van der Waals surface area contributed by atoms with E-state index in [0.29, 0.717) is 11.4 Å². The lowest BCUT2D eigenvalue weighted by atomic mass is 10.3. The van der Waals surface area contributed by atoms with E-state index < -0.39 is 10.0 Å². The first-order valence-electron chi connectivity index (χ1n) is 7.40. The van der Waals surface area contributed by atoms with Crippen molar-refractivity contribution < 1.29 is 8.42 Å². The molecule has 1 fully saturated rings. The molecule has 1 unspecified atom stereocenters. The molecular formula is C14H25N3O2S2. The standard InChI is InChI=1S/C14H25N3O2S2/c1-11-10-20-13(8-15-3)14(11)21(18,19)16-12(2)9-17-6-4-5-7-17/h10,12,15-16H,4-9H2,1-3H3. The van der Waals surface area contributed by atoms with Crippen LogP contribution in [0.3, 0.4) is 0 Å². The molecule has 2 N–H and O–H groups in total. The SMILES string of the molecule is CNCc1scc(C)c1S(=O)(=O)NC(C)CN1CCCC1. The molecule has 5 nitrogen and oxygen atoms in total. The van der Waals surface area contributed by atoms with Crippen LogP contribution >= 0.6 is 11.3 Å². The Morgan fingerprint density at radius 1 is 1.38 bits per heavy atom. The Morgan fingerprint density at radius 3 is 2.67 bits per heavy atom. The first-order chi connectivity index (χ1) is 9.94. The highest BCUT2D eigenvalue weighted by Gasteiger charge is 2.25.